The predicted molar refractivity (Wildman–Crippen MR) is 109 cm³/mol. The van der Waals surface area contributed by atoms with Gasteiger partial charge in [-0.2, -0.15) is 0 Å². The van der Waals surface area contributed by atoms with Gasteiger partial charge >= 0.3 is 0 Å². The van der Waals surface area contributed by atoms with Crippen LogP contribution in [0.1, 0.15) is 43.6 Å². The average molecular weight is 369 g/mol. The number of benzene rings is 2. The first-order valence-corrected chi connectivity index (χ1v) is 11.1. The third kappa shape index (κ3) is 4.08. The van der Waals surface area contributed by atoms with Crippen LogP contribution in [-0.4, -0.2) is 34.5 Å². The summed E-state index contributed by atoms with van der Waals surface area (Å²) in [6.07, 6.45) is 5.86. The highest BCUT2D eigenvalue weighted by Gasteiger charge is 2.34. The van der Waals surface area contributed by atoms with Crippen molar-refractivity contribution in [3.8, 4) is 0 Å². The Morgan fingerprint density at radius 1 is 0.962 bits per heavy atom. The minimum Gasteiger partial charge on any atom is -0.610 e. The lowest BCUT2D eigenvalue weighted by Gasteiger charge is -2.32. The molecule has 0 aromatic heterocycles. The lowest BCUT2D eigenvalue weighted by molar-refractivity contribution is 0.208. The van der Waals surface area contributed by atoms with Gasteiger partial charge in [0.1, 0.15) is 0 Å². The molecular weight excluding hydrogens is 340 g/mol. The van der Waals surface area contributed by atoms with E-state index in [0.29, 0.717) is 0 Å². The summed E-state index contributed by atoms with van der Waals surface area (Å²) in [6.45, 7) is 3.59. The summed E-state index contributed by atoms with van der Waals surface area (Å²) in [6, 6.07) is 18.9. The Balaban J connectivity index is 1.16. The average Bonchev–Trinajstić information content (AvgIpc) is 3.02. The lowest BCUT2D eigenvalue weighted by Crippen LogP contribution is -2.33. The monoisotopic (exact) mass is 368 g/mol. The number of piperidine rings is 1. The van der Waals surface area contributed by atoms with Crippen molar-refractivity contribution in [1.29, 1.82) is 0 Å². The molecule has 0 radical (unpaired) electrons. The van der Waals surface area contributed by atoms with Crippen LogP contribution in [-0.2, 0) is 11.2 Å². The number of para-hydroxylation sites is 1. The number of hydrogen-bond acceptors (Lipinski definition) is 3. The Hall–Kier alpha value is -1.49. The minimum atomic E-state index is -0.894. The largest absolute Gasteiger partial charge is 0.610 e. The Morgan fingerprint density at radius 2 is 1.69 bits per heavy atom. The van der Waals surface area contributed by atoms with Crippen LogP contribution in [0.5, 0.6) is 0 Å². The number of unbranched alkanes of at least 4 members (excludes halogenated alkanes) is 1. The molecule has 3 nitrogen and oxygen atoms in total. The molecule has 4 heteroatoms. The molecule has 1 N–H and O–H groups in total. The minimum absolute atomic E-state index is 0.0937. The topological polar surface area (TPSA) is 38.3 Å². The Labute approximate surface area is 160 Å². The number of nitrogens with zero attached hydrogens (tertiary/aromatic N) is 1. The molecule has 2 atom stereocenters. The van der Waals surface area contributed by atoms with Crippen LogP contribution >= 0.6 is 0 Å². The molecule has 2 heterocycles. The SMILES string of the molecule is [O-][S+]1c2ccccc2NC1CCCCN1CCC(c2ccccc2)CC1. The molecule has 1 fully saturated rings. The van der Waals surface area contributed by atoms with Crippen LogP contribution in [0.2, 0.25) is 0 Å². The van der Waals surface area contributed by atoms with Crippen molar-refractivity contribution >= 4 is 16.9 Å². The molecule has 0 saturated carbocycles. The van der Waals surface area contributed by atoms with Gasteiger partial charge in [0, 0.05) is 17.6 Å². The van der Waals surface area contributed by atoms with Gasteiger partial charge in [0.15, 0.2) is 10.3 Å². The molecule has 1 saturated heterocycles. The molecule has 26 heavy (non-hydrogen) atoms. The van der Waals surface area contributed by atoms with Crippen molar-refractivity contribution < 1.29 is 4.55 Å². The van der Waals surface area contributed by atoms with Crippen molar-refractivity contribution in [3.05, 3.63) is 60.2 Å². The first-order chi connectivity index (χ1) is 12.8. The fourth-order valence-corrected chi connectivity index (χ4v) is 5.68. The Bertz CT molecular complexity index is 700. The van der Waals surface area contributed by atoms with Gasteiger partial charge in [-0.1, -0.05) is 42.5 Å². The highest BCUT2D eigenvalue weighted by molar-refractivity contribution is 7.92. The van der Waals surface area contributed by atoms with Crippen molar-refractivity contribution in [2.24, 2.45) is 0 Å². The Morgan fingerprint density at radius 3 is 2.46 bits per heavy atom. The number of fused-ring (bicyclic) bond motifs is 1. The van der Waals surface area contributed by atoms with Crippen molar-refractivity contribution in [2.75, 3.05) is 25.0 Å². The summed E-state index contributed by atoms with van der Waals surface area (Å²) in [5, 5.41) is 3.53. The molecule has 0 spiro atoms. The Kier molecular flexibility index (Phi) is 5.83. The maximum Gasteiger partial charge on any atom is 0.191 e. The molecule has 2 aliphatic rings. The van der Waals surface area contributed by atoms with Crippen LogP contribution in [0.3, 0.4) is 0 Å². The van der Waals surface area contributed by atoms with Gasteiger partial charge in [0.2, 0.25) is 0 Å². The predicted octanol–water partition coefficient (Wildman–Crippen LogP) is 4.60. The zero-order valence-electron chi connectivity index (χ0n) is 15.3. The molecule has 138 valence electrons. The summed E-state index contributed by atoms with van der Waals surface area (Å²) in [5.74, 6) is 0.732. The first-order valence-electron chi connectivity index (χ1n) is 9.85. The molecule has 2 unspecified atom stereocenters. The van der Waals surface area contributed by atoms with E-state index < -0.39 is 11.2 Å². The molecule has 2 aromatic carbocycles. The molecule has 2 aliphatic heterocycles. The van der Waals surface area contributed by atoms with Crippen LogP contribution in [0.4, 0.5) is 5.69 Å². The van der Waals surface area contributed by atoms with Gasteiger partial charge in [-0.05, 0) is 68.9 Å². The van der Waals surface area contributed by atoms with Crippen molar-refractivity contribution in [3.63, 3.8) is 0 Å². The van der Waals surface area contributed by atoms with Crippen LogP contribution in [0, 0.1) is 0 Å². The zero-order chi connectivity index (χ0) is 17.8. The quantitative estimate of drug-likeness (QED) is 0.598. The molecular formula is C22H28N2OS. The number of likely N-dealkylation sites (tertiary alicyclic amines) is 1. The second kappa shape index (κ2) is 8.47. The van der Waals surface area contributed by atoms with E-state index in [1.54, 1.807) is 0 Å². The lowest BCUT2D eigenvalue weighted by atomic mass is 9.89. The summed E-state index contributed by atoms with van der Waals surface area (Å²) < 4.78 is 12.5. The normalized spacial score (nSPS) is 23.6. The summed E-state index contributed by atoms with van der Waals surface area (Å²) in [5.41, 5.74) is 2.56. The second-order valence-electron chi connectivity index (χ2n) is 7.45. The highest BCUT2D eigenvalue weighted by atomic mass is 32.2. The molecule has 2 aromatic rings. The number of anilines is 1. The van der Waals surface area contributed by atoms with Crippen molar-refractivity contribution in [1.82, 2.24) is 4.90 Å². The second-order valence-corrected chi connectivity index (χ2v) is 9.05. The van der Waals surface area contributed by atoms with Crippen LogP contribution in [0.15, 0.2) is 59.5 Å². The molecule has 4 rings (SSSR count). The van der Waals surface area contributed by atoms with E-state index in [9.17, 15) is 4.55 Å². The van der Waals surface area contributed by atoms with E-state index in [1.807, 2.05) is 24.3 Å². The van der Waals surface area contributed by atoms with E-state index in [-0.39, 0.29) is 5.37 Å². The third-order valence-electron chi connectivity index (χ3n) is 5.73. The number of hydrogen-bond donors (Lipinski definition) is 1. The van der Waals surface area contributed by atoms with E-state index in [0.717, 1.165) is 29.3 Å². The summed E-state index contributed by atoms with van der Waals surface area (Å²) >= 11 is -0.894. The summed E-state index contributed by atoms with van der Waals surface area (Å²) in [4.78, 5) is 3.58. The zero-order valence-corrected chi connectivity index (χ0v) is 16.1. The van der Waals surface area contributed by atoms with Gasteiger partial charge in [0.05, 0.1) is 5.69 Å². The van der Waals surface area contributed by atoms with Gasteiger partial charge in [0.25, 0.3) is 0 Å². The van der Waals surface area contributed by atoms with Crippen molar-refractivity contribution in [2.45, 2.75) is 48.3 Å². The van der Waals surface area contributed by atoms with E-state index >= 15 is 0 Å². The fourth-order valence-electron chi connectivity index (χ4n) is 4.20. The highest BCUT2D eigenvalue weighted by Crippen LogP contribution is 2.34. The fraction of sp³-hybridized carbons (Fsp3) is 0.455. The maximum atomic E-state index is 12.5. The van der Waals surface area contributed by atoms with Gasteiger partial charge in [-0.15, -0.1) is 0 Å². The summed E-state index contributed by atoms with van der Waals surface area (Å²) in [7, 11) is 0. The van der Waals surface area contributed by atoms with E-state index in [1.165, 1.54) is 44.5 Å². The van der Waals surface area contributed by atoms with Gasteiger partial charge < -0.3 is 14.8 Å². The molecule has 0 amide bonds. The molecule has 0 bridgehead atoms. The number of nitrogens with one attached hydrogen (secondary N) is 1. The van der Waals surface area contributed by atoms with Gasteiger partial charge in [-0.25, -0.2) is 0 Å². The first kappa shape index (κ1) is 17.9. The van der Waals surface area contributed by atoms with E-state index in [4.69, 9.17) is 0 Å². The standard InChI is InChI=1S/C22H28N2OS/c25-26-21-11-5-4-10-20(21)23-22(26)12-6-7-15-24-16-13-19(14-17-24)18-8-2-1-3-9-18/h1-5,8-11,19,22-23H,6-7,12-17H2. The maximum absolute atomic E-state index is 12.5. The number of rotatable bonds is 6. The van der Waals surface area contributed by atoms with Crippen LogP contribution in [0.25, 0.3) is 0 Å². The third-order valence-corrected chi connectivity index (χ3v) is 7.39. The van der Waals surface area contributed by atoms with Gasteiger partial charge in [-0.3, -0.25) is 0 Å². The smallest absolute Gasteiger partial charge is 0.191 e. The molecule has 0 aliphatic carbocycles. The van der Waals surface area contributed by atoms with Crippen LogP contribution < -0.4 is 5.32 Å². The van der Waals surface area contributed by atoms with E-state index in [2.05, 4.69) is 40.5 Å².